The molecule has 2 heterocycles. The number of halogens is 1. The van der Waals surface area contributed by atoms with E-state index < -0.39 is 0 Å². The molecule has 0 bridgehead atoms. The first kappa shape index (κ1) is 20.5. The van der Waals surface area contributed by atoms with Crippen molar-refractivity contribution in [3.8, 4) is 5.75 Å². The van der Waals surface area contributed by atoms with E-state index >= 15 is 0 Å². The maximum Gasteiger partial charge on any atom is 0.287 e. The number of aryl methyl sites for hydroxylation is 1. The van der Waals surface area contributed by atoms with Gasteiger partial charge in [-0.1, -0.05) is 18.2 Å². The Balaban J connectivity index is 1.34. The Labute approximate surface area is 173 Å². The third-order valence-corrected chi connectivity index (χ3v) is 5.29. The van der Waals surface area contributed by atoms with Gasteiger partial charge in [0.1, 0.15) is 5.75 Å². The van der Waals surface area contributed by atoms with Crippen molar-refractivity contribution < 1.29 is 18.7 Å². The molecule has 0 unspecified atom stereocenters. The van der Waals surface area contributed by atoms with Gasteiger partial charge in [0.2, 0.25) is 5.91 Å². The molecule has 1 aliphatic heterocycles. The molecule has 1 saturated heterocycles. The summed E-state index contributed by atoms with van der Waals surface area (Å²) in [7, 11) is 0. The summed E-state index contributed by atoms with van der Waals surface area (Å²) in [5, 5.41) is 2.97. The minimum absolute atomic E-state index is 0.0600. The van der Waals surface area contributed by atoms with Crippen LogP contribution in [0.5, 0.6) is 5.75 Å². The Bertz CT molecular complexity index is 812. The Kier molecular flexibility index (Phi) is 7.14. The monoisotopic (exact) mass is 448 g/mol. The van der Waals surface area contributed by atoms with Crippen molar-refractivity contribution in [2.75, 3.05) is 19.7 Å². The summed E-state index contributed by atoms with van der Waals surface area (Å²) in [6, 6.07) is 11.3. The van der Waals surface area contributed by atoms with Crippen molar-refractivity contribution in [2.24, 2.45) is 0 Å². The van der Waals surface area contributed by atoms with E-state index in [1.54, 1.807) is 12.1 Å². The van der Waals surface area contributed by atoms with Crippen LogP contribution in [0.1, 0.15) is 41.8 Å². The maximum atomic E-state index is 12.4. The molecule has 150 valence electrons. The lowest BCUT2D eigenvalue weighted by Gasteiger charge is -2.32. The second kappa shape index (κ2) is 9.78. The summed E-state index contributed by atoms with van der Waals surface area (Å²) in [5.74, 6) is 1.09. The molecule has 0 spiro atoms. The highest BCUT2D eigenvalue weighted by atomic mass is 79.9. The van der Waals surface area contributed by atoms with Crippen LogP contribution in [0.4, 0.5) is 0 Å². The van der Waals surface area contributed by atoms with E-state index in [4.69, 9.17) is 9.15 Å². The van der Waals surface area contributed by atoms with Gasteiger partial charge in [-0.3, -0.25) is 9.59 Å². The molecule has 0 atom stereocenters. The van der Waals surface area contributed by atoms with E-state index in [0.29, 0.717) is 43.0 Å². The highest BCUT2D eigenvalue weighted by molar-refractivity contribution is 9.10. The van der Waals surface area contributed by atoms with Gasteiger partial charge in [0.25, 0.3) is 5.91 Å². The van der Waals surface area contributed by atoms with Gasteiger partial charge in [0.15, 0.2) is 10.4 Å². The van der Waals surface area contributed by atoms with Crippen molar-refractivity contribution in [3.63, 3.8) is 0 Å². The molecule has 7 heteroatoms. The average molecular weight is 449 g/mol. The number of carbonyl (C=O) groups is 2. The van der Waals surface area contributed by atoms with Gasteiger partial charge >= 0.3 is 0 Å². The zero-order chi connectivity index (χ0) is 19.9. The van der Waals surface area contributed by atoms with E-state index in [0.717, 1.165) is 24.2 Å². The Morgan fingerprint density at radius 1 is 1.21 bits per heavy atom. The number of nitrogens with one attached hydrogen (secondary N) is 1. The van der Waals surface area contributed by atoms with Crippen molar-refractivity contribution in [1.29, 1.82) is 0 Å². The number of benzene rings is 1. The predicted molar refractivity (Wildman–Crippen MR) is 109 cm³/mol. The number of ether oxygens (including phenoxy) is 1. The summed E-state index contributed by atoms with van der Waals surface area (Å²) < 4.78 is 11.5. The number of nitrogens with zero attached hydrogens (tertiary/aromatic N) is 1. The zero-order valence-corrected chi connectivity index (χ0v) is 17.5. The molecule has 3 rings (SSSR count). The van der Waals surface area contributed by atoms with E-state index in [1.807, 2.05) is 36.1 Å². The van der Waals surface area contributed by atoms with Gasteiger partial charge in [-0.15, -0.1) is 0 Å². The van der Waals surface area contributed by atoms with Crippen LogP contribution < -0.4 is 10.1 Å². The average Bonchev–Trinajstić information content (AvgIpc) is 3.13. The van der Waals surface area contributed by atoms with Crippen LogP contribution >= 0.6 is 15.9 Å². The van der Waals surface area contributed by atoms with Crippen LogP contribution in [-0.2, 0) is 4.79 Å². The second-order valence-electron chi connectivity index (χ2n) is 6.95. The van der Waals surface area contributed by atoms with Gasteiger partial charge < -0.3 is 19.4 Å². The van der Waals surface area contributed by atoms with Crippen LogP contribution in [0.15, 0.2) is 45.5 Å². The lowest BCUT2D eigenvalue weighted by molar-refractivity contribution is -0.132. The molecular weight excluding hydrogens is 424 g/mol. The van der Waals surface area contributed by atoms with E-state index in [-0.39, 0.29) is 17.9 Å². The third kappa shape index (κ3) is 5.61. The molecule has 1 aliphatic rings. The molecule has 1 N–H and O–H groups in total. The summed E-state index contributed by atoms with van der Waals surface area (Å²) in [4.78, 5) is 26.4. The van der Waals surface area contributed by atoms with Gasteiger partial charge in [-0.05, 0) is 65.9 Å². The number of amides is 2. The van der Waals surface area contributed by atoms with Crippen molar-refractivity contribution in [2.45, 2.75) is 38.6 Å². The number of furan rings is 1. The second-order valence-corrected chi connectivity index (χ2v) is 7.73. The fourth-order valence-electron chi connectivity index (χ4n) is 3.25. The van der Waals surface area contributed by atoms with E-state index in [1.165, 1.54) is 0 Å². The molecule has 2 aromatic rings. The smallest absolute Gasteiger partial charge is 0.287 e. The van der Waals surface area contributed by atoms with Crippen molar-refractivity contribution in [1.82, 2.24) is 10.2 Å². The maximum absolute atomic E-state index is 12.4. The molecule has 1 fully saturated rings. The molecule has 1 aromatic heterocycles. The molecule has 2 amide bonds. The highest BCUT2D eigenvalue weighted by Gasteiger charge is 2.24. The lowest BCUT2D eigenvalue weighted by Crippen LogP contribution is -2.46. The summed E-state index contributed by atoms with van der Waals surface area (Å²) in [5.41, 5.74) is 1.10. The fourth-order valence-corrected chi connectivity index (χ4v) is 3.55. The number of carbonyl (C=O) groups excluding carboxylic acids is 2. The number of para-hydroxylation sites is 1. The number of hydrogen-bond acceptors (Lipinski definition) is 4. The molecule has 28 heavy (non-hydrogen) atoms. The van der Waals surface area contributed by atoms with Crippen LogP contribution in [0.2, 0.25) is 0 Å². The largest absolute Gasteiger partial charge is 0.493 e. The molecule has 0 aliphatic carbocycles. The van der Waals surface area contributed by atoms with Gasteiger partial charge in [-0.2, -0.15) is 0 Å². The van der Waals surface area contributed by atoms with Crippen LogP contribution in [-0.4, -0.2) is 42.5 Å². The Hall–Kier alpha value is -2.28. The third-order valence-electron chi connectivity index (χ3n) is 4.87. The molecule has 6 nitrogen and oxygen atoms in total. The zero-order valence-electron chi connectivity index (χ0n) is 15.9. The number of rotatable bonds is 7. The van der Waals surface area contributed by atoms with Gasteiger partial charge in [0.05, 0.1) is 6.61 Å². The summed E-state index contributed by atoms with van der Waals surface area (Å²) >= 11 is 3.19. The van der Waals surface area contributed by atoms with Crippen LogP contribution in [0.3, 0.4) is 0 Å². The first-order chi connectivity index (χ1) is 13.5. The molecule has 0 radical (unpaired) electrons. The standard InChI is InChI=1S/C21H25BrN2O4/c1-15-5-2-3-6-17(15)27-14-4-7-20(25)24-12-10-16(11-13-24)23-21(26)18-8-9-19(22)28-18/h2-3,5-6,8-9,16H,4,7,10-14H2,1H3,(H,23,26). The Morgan fingerprint density at radius 3 is 2.64 bits per heavy atom. The minimum atomic E-state index is -0.219. The number of piperidine rings is 1. The van der Waals surface area contributed by atoms with Crippen molar-refractivity contribution in [3.05, 3.63) is 52.4 Å². The van der Waals surface area contributed by atoms with Crippen LogP contribution in [0, 0.1) is 6.92 Å². The molecule has 1 aromatic carbocycles. The fraction of sp³-hybridized carbons (Fsp3) is 0.429. The summed E-state index contributed by atoms with van der Waals surface area (Å²) in [6.45, 7) is 3.85. The van der Waals surface area contributed by atoms with Crippen molar-refractivity contribution >= 4 is 27.7 Å². The highest BCUT2D eigenvalue weighted by Crippen LogP contribution is 2.18. The number of hydrogen-bond donors (Lipinski definition) is 1. The minimum Gasteiger partial charge on any atom is -0.493 e. The molecule has 0 saturated carbocycles. The van der Waals surface area contributed by atoms with E-state index in [9.17, 15) is 9.59 Å². The Morgan fingerprint density at radius 2 is 1.96 bits per heavy atom. The van der Waals surface area contributed by atoms with Crippen LogP contribution in [0.25, 0.3) is 0 Å². The van der Waals surface area contributed by atoms with Gasteiger partial charge in [-0.25, -0.2) is 0 Å². The predicted octanol–water partition coefficient (Wildman–Crippen LogP) is 3.93. The normalized spacial score (nSPS) is 14.7. The van der Waals surface area contributed by atoms with Gasteiger partial charge in [0, 0.05) is 25.6 Å². The summed E-state index contributed by atoms with van der Waals surface area (Å²) in [6.07, 6.45) is 2.67. The molecular formula is C21H25BrN2O4. The van der Waals surface area contributed by atoms with E-state index in [2.05, 4.69) is 21.2 Å². The topological polar surface area (TPSA) is 71.8 Å². The first-order valence-electron chi connectivity index (χ1n) is 9.55. The number of likely N-dealkylation sites (tertiary alicyclic amines) is 1. The SMILES string of the molecule is Cc1ccccc1OCCCC(=O)N1CCC(NC(=O)c2ccc(Br)o2)CC1. The lowest BCUT2D eigenvalue weighted by atomic mass is 10.0. The quantitative estimate of drug-likeness (QED) is 0.651. The first-order valence-corrected chi connectivity index (χ1v) is 10.3.